The molecule has 1 aromatic rings. The van der Waals surface area contributed by atoms with Crippen LogP contribution in [0.1, 0.15) is 45.2 Å². The van der Waals surface area contributed by atoms with Crippen LogP contribution < -0.4 is 5.32 Å². The molecule has 0 radical (unpaired) electrons. The monoisotopic (exact) mass is 338 g/mol. The van der Waals surface area contributed by atoms with Gasteiger partial charge < -0.3 is 5.32 Å². The second-order valence-corrected chi connectivity index (χ2v) is 7.15. The predicted molar refractivity (Wildman–Crippen MR) is 90.0 cm³/mol. The zero-order chi connectivity index (χ0) is 14.5. The third kappa shape index (κ3) is 4.31. The van der Waals surface area contributed by atoms with Crippen molar-refractivity contribution in [3.05, 3.63) is 34.3 Å². The lowest BCUT2D eigenvalue weighted by atomic mass is 9.96. The van der Waals surface area contributed by atoms with E-state index in [4.69, 9.17) is 0 Å². The Morgan fingerprint density at radius 2 is 1.95 bits per heavy atom. The van der Waals surface area contributed by atoms with Gasteiger partial charge in [-0.05, 0) is 70.3 Å². The molecule has 1 aliphatic rings. The number of hydrogen-bond donors (Lipinski definition) is 1. The van der Waals surface area contributed by atoms with E-state index < -0.39 is 0 Å². The molecule has 2 rings (SSSR count). The van der Waals surface area contributed by atoms with Crippen LogP contribution in [-0.4, -0.2) is 30.6 Å². The van der Waals surface area contributed by atoms with Crippen molar-refractivity contribution in [2.45, 2.75) is 45.7 Å². The van der Waals surface area contributed by atoms with Gasteiger partial charge in [-0.1, -0.05) is 28.1 Å². The van der Waals surface area contributed by atoms with Crippen LogP contribution in [0.5, 0.6) is 0 Å². The standard InChI is InChI=1S/C17H27BrN2/c1-13(2)20(12-15-5-4-10-19-11-15)14(3)16-6-8-17(18)9-7-16/h6-9,13-15,19H,4-5,10-12H2,1-3H3. The summed E-state index contributed by atoms with van der Waals surface area (Å²) in [5.41, 5.74) is 1.41. The summed E-state index contributed by atoms with van der Waals surface area (Å²) in [5.74, 6) is 0.795. The normalized spacial score (nSPS) is 21.4. The fraction of sp³-hybridized carbons (Fsp3) is 0.647. The average molecular weight is 339 g/mol. The molecule has 0 spiro atoms. The zero-order valence-corrected chi connectivity index (χ0v) is 14.5. The van der Waals surface area contributed by atoms with Crippen LogP contribution in [0, 0.1) is 5.92 Å². The Balaban J connectivity index is 2.04. The number of rotatable bonds is 5. The molecule has 0 bridgehead atoms. The first-order chi connectivity index (χ1) is 9.58. The Bertz CT molecular complexity index is 396. The summed E-state index contributed by atoms with van der Waals surface area (Å²) in [4.78, 5) is 2.64. The molecule has 1 aliphatic heterocycles. The molecule has 20 heavy (non-hydrogen) atoms. The first-order valence-electron chi connectivity index (χ1n) is 7.80. The molecule has 112 valence electrons. The minimum atomic E-state index is 0.477. The summed E-state index contributed by atoms with van der Waals surface area (Å²) in [7, 11) is 0. The second-order valence-electron chi connectivity index (χ2n) is 6.23. The summed E-state index contributed by atoms with van der Waals surface area (Å²) >= 11 is 3.52. The summed E-state index contributed by atoms with van der Waals surface area (Å²) in [6, 6.07) is 9.83. The lowest BCUT2D eigenvalue weighted by Gasteiger charge is -2.37. The first kappa shape index (κ1) is 16.0. The maximum Gasteiger partial charge on any atom is 0.0322 e. The van der Waals surface area contributed by atoms with E-state index in [1.807, 2.05) is 0 Å². The first-order valence-corrected chi connectivity index (χ1v) is 8.59. The Morgan fingerprint density at radius 1 is 1.25 bits per heavy atom. The number of nitrogens with one attached hydrogen (secondary N) is 1. The molecule has 0 aliphatic carbocycles. The Kier molecular flexibility index (Phi) is 6.06. The highest BCUT2D eigenvalue weighted by molar-refractivity contribution is 9.10. The van der Waals surface area contributed by atoms with Gasteiger partial charge in [-0.15, -0.1) is 0 Å². The molecule has 3 heteroatoms. The molecule has 0 saturated carbocycles. The highest BCUT2D eigenvalue weighted by atomic mass is 79.9. The topological polar surface area (TPSA) is 15.3 Å². The third-order valence-electron chi connectivity index (χ3n) is 4.38. The maximum atomic E-state index is 3.53. The molecule has 0 aromatic heterocycles. The summed E-state index contributed by atoms with van der Waals surface area (Å²) in [5, 5.41) is 3.53. The molecule has 2 atom stereocenters. The molecule has 1 saturated heterocycles. The van der Waals surface area contributed by atoms with E-state index in [9.17, 15) is 0 Å². The SMILES string of the molecule is CC(C)N(CC1CCCNC1)C(C)c1ccc(Br)cc1. The van der Waals surface area contributed by atoms with Crippen LogP contribution in [0.3, 0.4) is 0 Å². The molecule has 1 N–H and O–H groups in total. The van der Waals surface area contributed by atoms with E-state index in [1.165, 1.54) is 38.0 Å². The number of hydrogen-bond acceptors (Lipinski definition) is 2. The minimum Gasteiger partial charge on any atom is -0.316 e. The molecule has 0 amide bonds. The smallest absolute Gasteiger partial charge is 0.0322 e. The average Bonchev–Trinajstić information content (AvgIpc) is 2.45. The van der Waals surface area contributed by atoms with E-state index in [1.54, 1.807) is 0 Å². The largest absolute Gasteiger partial charge is 0.316 e. The van der Waals surface area contributed by atoms with E-state index >= 15 is 0 Å². The lowest BCUT2D eigenvalue weighted by molar-refractivity contribution is 0.127. The van der Waals surface area contributed by atoms with Crippen molar-refractivity contribution < 1.29 is 0 Å². The molecule has 1 heterocycles. The molecule has 1 fully saturated rings. The van der Waals surface area contributed by atoms with Gasteiger partial charge in [-0.25, -0.2) is 0 Å². The van der Waals surface area contributed by atoms with Gasteiger partial charge in [0, 0.05) is 23.1 Å². The van der Waals surface area contributed by atoms with Crippen LogP contribution in [0.25, 0.3) is 0 Å². The van der Waals surface area contributed by atoms with Crippen molar-refractivity contribution in [3.8, 4) is 0 Å². The van der Waals surface area contributed by atoms with Gasteiger partial charge in [0.05, 0.1) is 0 Å². The second kappa shape index (κ2) is 7.58. The van der Waals surface area contributed by atoms with Gasteiger partial charge in [0.1, 0.15) is 0 Å². The molecule has 2 nitrogen and oxygen atoms in total. The van der Waals surface area contributed by atoms with Gasteiger partial charge in [0.25, 0.3) is 0 Å². The van der Waals surface area contributed by atoms with Gasteiger partial charge in [0.2, 0.25) is 0 Å². The number of nitrogens with zero attached hydrogens (tertiary/aromatic N) is 1. The fourth-order valence-corrected chi connectivity index (χ4v) is 3.39. The highest BCUT2D eigenvalue weighted by Gasteiger charge is 2.23. The summed E-state index contributed by atoms with van der Waals surface area (Å²) in [6.45, 7) is 10.5. The highest BCUT2D eigenvalue weighted by Crippen LogP contribution is 2.26. The summed E-state index contributed by atoms with van der Waals surface area (Å²) < 4.78 is 1.15. The third-order valence-corrected chi connectivity index (χ3v) is 4.91. The molecule has 2 unspecified atom stereocenters. The van der Waals surface area contributed by atoms with Crippen LogP contribution in [0.15, 0.2) is 28.7 Å². The Morgan fingerprint density at radius 3 is 2.50 bits per heavy atom. The maximum absolute atomic E-state index is 3.53. The zero-order valence-electron chi connectivity index (χ0n) is 12.9. The van der Waals surface area contributed by atoms with E-state index in [0.29, 0.717) is 12.1 Å². The number of piperidine rings is 1. The minimum absolute atomic E-state index is 0.477. The van der Waals surface area contributed by atoms with Gasteiger partial charge in [-0.3, -0.25) is 4.90 Å². The van der Waals surface area contributed by atoms with Gasteiger partial charge in [-0.2, -0.15) is 0 Å². The van der Waals surface area contributed by atoms with E-state index in [0.717, 1.165) is 10.4 Å². The van der Waals surface area contributed by atoms with Crippen molar-refractivity contribution in [1.82, 2.24) is 10.2 Å². The molecular weight excluding hydrogens is 312 g/mol. The lowest BCUT2D eigenvalue weighted by Crippen LogP contribution is -2.42. The van der Waals surface area contributed by atoms with Crippen molar-refractivity contribution >= 4 is 15.9 Å². The van der Waals surface area contributed by atoms with Crippen LogP contribution in [-0.2, 0) is 0 Å². The quantitative estimate of drug-likeness (QED) is 0.864. The molecule has 1 aromatic carbocycles. The van der Waals surface area contributed by atoms with E-state index in [2.05, 4.69) is 71.2 Å². The van der Waals surface area contributed by atoms with Crippen molar-refractivity contribution in [3.63, 3.8) is 0 Å². The molecular formula is C17H27BrN2. The van der Waals surface area contributed by atoms with Crippen molar-refractivity contribution in [2.75, 3.05) is 19.6 Å². The predicted octanol–water partition coefficient (Wildman–Crippen LogP) is 4.22. The van der Waals surface area contributed by atoms with Crippen molar-refractivity contribution in [2.24, 2.45) is 5.92 Å². The van der Waals surface area contributed by atoms with Crippen LogP contribution >= 0.6 is 15.9 Å². The van der Waals surface area contributed by atoms with Crippen LogP contribution in [0.2, 0.25) is 0 Å². The summed E-state index contributed by atoms with van der Waals surface area (Å²) in [6.07, 6.45) is 2.69. The Labute approximate surface area is 132 Å². The van der Waals surface area contributed by atoms with Gasteiger partial charge >= 0.3 is 0 Å². The van der Waals surface area contributed by atoms with Crippen molar-refractivity contribution in [1.29, 1.82) is 0 Å². The van der Waals surface area contributed by atoms with Gasteiger partial charge in [0.15, 0.2) is 0 Å². The number of halogens is 1. The fourth-order valence-electron chi connectivity index (χ4n) is 3.13. The van der Waals surface area contributed by atoms with Crippen LogP contribution in [0.4, 0.5) is 0 Å². The Hall–Kier alpha value is -0.380. The number of benzene rings is 1. The van der Waals surface area contributed by atoms with E-state index in [-0.39, 0.29) is 0 Å².